The van der Waals surface area contributed by atoms with E-state index in [0.717, 1.165) is 49.0 Å². The molecular formula is C15H18F3N5O. The predicted octanol–water partition coefficient (Wildman–Crippen LogP) is 2.42. The second-order valence-electron chi connectivity index (χ2n) is 5.83. The average Bonchev–Trinajstić information content (AvgIpc) is 2.87. The largest absolute Gasteiger partial charge is 0.433 e. The highest BCUT2D eigenvalue weighted by Crippen LogP contribution is 2.29. The molecular weight excluding hydrogens is 323 g/mol. The number of nitrogens with zero attached hydrogens (tertiary/aromatic N) is 5. The fourth-order valence-corrected chi connectivity index (χ4v) is 2.76. The van der Waals surface area contributed by atoms with Crippen molar-refractivity contribution in [3.63, 3.8) is 0 Å². The van der Waals surface area contributed by atoms with Crippen LogP contribution in [0.5, 0.6) is 0 Å². The molecule has 2 aromatic heterocycles. The van der Waals surface area contributed by atoms with E-state index in [1.54, 1.807) is 0 Å². The molecule has 9 heteroatoms. The van der Waals surface area contributed by atoms with Crippen LogP contribution < -0.4 is 4.90 Å². The Morgan fingerprint density at radius 3 is 2.42 bits per heavy atom. The quantitative estimate of drug-likeness (QED) is 0.855. The first-order valence-corrected chi connectivity index (χ1v) is 7.63. The molecule has 0 atom stereocenters. The second kappa shape index (κ2) is 6.39. The summed E-state index contributed by atoms with van der Waals surface area (Å²) >= 11 is 0. The number of hydrogen-bond donors (Lipinski definition) is 0. The topological polar surface area (TPSA) is 58.3 Å². The fraction of sp³-hybridized carbons (Fsp3) is 0.533. The molecule has 2 aromatic rings. The smallest absolute Gasteiger partial charge is 0.361 e. The first-order valence-electron chi connectivity index (χ1n) is 7.63. The molecule has 1 aliphatic heterocycles. The summed E-state index contributed by atoms with van der Waals surface area (Å²) < 4.78 is 43.4. The lowest BCUT2D eigenvalue weighted by molar-refractivity contribution is -0.141. The molecule has 0 amide bonds. The summed E-state index contributed by atoms with van der Waals surface area (Å²) in [5.74, 6) is 1.12. The van der Waals surface area contributed by atoms with Gasteiger partial charge in [0.1, 0.15) is 23.6 Å². The number of hydrogen-bond acceptors (Lipinski definition) is 6. The van der Waals surface area contributed by atoms with Gasteiger partial charge in [0.25, 0.3) is 0 Å². The van der Waals surface area contributed by atoms with Gasteiger partial charge in [-0.25, -0.2) is 9.97 Å². The number of piperazine rings is 1. The van der Waals surface area contributed by atoms with Gasteiger partial charge in [-0.2, -0.15) is 13.2 Å². The molecule has 130 valence electrons. The molecule has 0 unspecified atom stereocenters. The third-order valence-electron chi connectivity index (χ3n) is 4.20. The van der Waals surface area contributed by atoms with Crippen LogP contribution in [0.25, 0.3) is 0 Å². The molecule has 0 saturated carbocycles. The molecule has 3 rings (SSSR count). The van der Waals surface area contributed by atoms with Crippen LogP contribution in [0.4, 0.5) is 19.0 Å². The molecule has 1 aliphatic rings. The predicted molar refractivity (Wildman–Crippen MR) is 80.5 cm³/mol. The summed E-state index contributed by atoms with van der Waals surface area (Å²) in [7, 11) is 0. The van der Waals surface area contributed by atoms with Crippen molar-refractivity contribution < 1.29 is 17.7 Å². The standard InChI is InChI=1S/C15H18F3N5O/c1-10-12(11(2)24-21-10)8-22-3-5-23(6-4-22)14-7-13(15(16,17)18)19-9-20-14/h7,9H,3-6,8H2,1-2H3. The van der Waals surface area contributed by atoms with Crippen molar-refractivity contribution in [2.75, 3.05) is 31.1 Å². The SMILES string of the molecule is Cc1noc(C)c1CN1CCN(c2cc(C(F)(F)F)ncn2)CC1. The van der Waals surface area contributed by atoms with E-state index in [1.807, 2.05) is 18.7 Å². The lowest BCUT2D eigenvalue weighted by Gasteiger charge is -2.35. The van der Waals surface area contributed by atoms with Crippen molar-refractivity contribution in [1.82, 2.24) is 20.0 Å². The number of halogens is 3. The van der Waals surface area contributed by atoms with E-state index in [4.69, 9.17) is 4.52 Å². The Morgan fingerprint density at radius 2 is 1.83 bits per heavy atom. The van der Waals surface area contributed by atoms with Gasteiger partial charge < -0.3 is 9.42 Å². The van der Waals surface area contributed by atoms with Crippen LogP contribution in [0, 0.1) is 13.8 Å². The Hall–Kier alpha value is -2.16. The lowest BCUT2D eigenvalue weighted by atomic mass is 10.2. The normalized spacial score (nSPS) is 16.6. The highest BCUT2D eigenvalue weighted by Gasteiger charge is 2.33. The molecule has 6 nitrogen and oxygen atoms in total. The van der Waals surface area contributed by atoms with Crippen LogP contribution in [0.3, 0.4) is 0 Å². The third kappa shape index (κ3) is 3.50. The molecule has 1 saturated heterocycles. The minimum Gasteiger partial charge on any atom is -0.361 e. The number of alkyl halides is 3. The zero-order chi connectivity index (χ0) is 17.3. The first-order chi connectivity index (χ1) is 11.3. The Labute approximate surface area is 137 Å². The number of anilines is 1. The lowest BCUT2D eigenvalue weighted by Crippen LogP contribution is -2.46. The Balaban J connectivity index is 1.63. The summed E-state index contributed by atoms with van der Waals surface area (Å²) in [6.45, 7) is 7.19. The van der Waals surface area contributed by atoms with E-state index in [1.165, 1.54) is 0 Å². The maximum Gasteiger partial charge on any atom is 0.433 e. The van der Waals surface area contributed by atoms with Gasteiger partial charge in [0, 0.05) is 44.4 Å². The van der Waals surface area contributed by atoms with Crippen LogP contribution in [0.2, 0.25) is 0 Å². The van der Waals surface area contributed by atoms with Crippen LogP contribution in [0.15, 0.2) is 16.9 Å². The van der Waals surface area contributed by atoms with Gasteiger partial charge in [0.2, 0.25) is 0 Å². The van der Waals surface area contributed by atoms with E-state index >= 15 is 0 Å². The van der Waals surface area contributed by atoms with Crippen molar-refractivity contribution in [3.05, 3.63) is 35.1 Å². The molecule has 1 fully saturated rings. The Kier molecular flexibility index (Phi) is 4.44. The van der Waals surface area contributed by atoms with E-state index in [-0.39, 0.29) is 0 Å². The van der Waals surface area contributed by atoms with Gasteiger partial charge in [-0.15, -0.1) is 0 Å². The van der Waals surface area contributed by atoms with Crippen molar-refractivity contribution in [1.29, 1.82) is 0 Å². The zero-order valence-electron chi connectivity index (χ0n) is 13.5. The summed E-state index contributed by atoms with van der Waals surface area (Å²) in [5, 5.41) is 3.94. The van der Waals surface area contributed by atoms with Crippen molar-refractivity contribution in [3.8, 4) is 0 Å². The summed E-state index contributed by atoms with van der Waals surface area (Å²) in [6, 6.07) is 1.00. The van der Waals surface area contributed by atoms with E-state index < -0.39 is 11.9 Å². The van der Waals surface area contributed by atoms with Crippen LogP contribution in [0.1, 0.15) is 22.7 Å². The number of aryl methyl sites for hydroxylation is 2. The number of aromatic nitrogens is 3. The van der Waals surface area contributed by atoms with Crippen LogP contribution >= 0.6 is 0 Å². The van der Waals surface area contributed by atoms with Crippen LogP contribution in [-0.4, -0.2) is 46.2 Å². The molecule has 0 bridgehead atoms. The van der Waals surface area contributed by atoms with Gasteiger partial charge in [0.05, 0.1) is 5.69 Å². The maximum absolute atomic E-state index is 12.8. The van der Waals surface area contributed by atoms with E-state index in [0.29, 0.717) is 18.9 Å². The maximum atomic E-state index is 12.8. The van der Waals surface area contributed by atoms with Crippen LogP contribution in [-0.2, 0) is 12.7 Å². The highest BCUT2D eigenvalue weighted by molar-refractivity contribution is 5.40. The van der Waals surface area contributed by atoms with Gasteiger partial charge in [0.15, 0.2) is 0 Å². The zero-order valence-corrected chi connectivity index (χ0v) is 13.5. The molecule has 0 N–H and O–H groups in total. The summed E-state index contributed by atoms with van der Waals surface area (Å²) in [4.78, 5) is 11.4. The molecule has 0 aliphatic carbocycles. The molecule has 0 radical (unpaired) electrons. The van der Waals surface area contributed by atoms with Crippen molar-refractivity contribution in [2.45, 2.75) is 26.6 Å². The van der Waals surface area contributed by atoms with Crippen molar-refractivity contribution >= 4 is 5.82 Å². The Bertz CT molecular complexity index is 688. The molecule has 0 spiro atoms. The summed E-state index contributed by atoms with van der Waals surface area (Å²) in [5.41, 5.74) is 1.04. The minimum absolute atomic E-state index is 0.314. The fourth-order valence-electron chi connectivity index (χ4n) is 2.76. The van der Waals surface area contributed by atoms with E-state index in [2.05, 4.69) is 20.0 Å². The first kappa shape index (κ1) is 16.7. The Morgan fingerprint density at radius 1 is 1.12 bits per heavy atom. The number of rotatable bonds is 3. The molecule has 3 heterocycles. The minimum atomic E-state index is -4.46. The second-order valence-corrected chi connectivity index (χ2v) is 5.83. The average molecular weight is 341 g/mol. The van der Waals surface area contributed by atoms with Crippen molar-refractivity contribution in [2.24, 2.45) is 0 Å². The highest BCUT2D eigenvalue weighted by atomic mass is 19.4. The monoisotopic (exact) mass is 341 g/mol. The molecule has 0 aromatic carbocycles. The third-order valence-corrected chi connectivity index (χ3v) is 4.20. The van der Waals surface area contributed by atoms with Gasteiger partial charge in [-0.1, -0.05) is 5.16 Å². The van der Waals surface area contributed by atoms with Gasteiger partial charge >= 0.3 is 6.18 Å². The van der Waals surface area contributed by atoms with Gasteiger partial charge in [-0.05, 0) is 13.8 Å². The van der Waals surface area contributed by atoms with Gasteiger partial charge in [-0.3, -0.25) is 4.90 Å². The molecule has 24 heavy (non-hydrogen) atoms. The van der Waals surface area contributed by atoms with E-state index in [9.17, 15) is 13.2 Å². The summed E-state index contributed by atoms with van der Waals surface area (Å²) in [6.07, 6.45) is -3.49.